The third-order valence-electron chi connectivity index (χ3n) is 5.76. The zero-order valence-corrected chi connectivity index (χ0v) is 12.1. The predicted octanol–water partition coefficient (Wildman–Crippen LogP) is 3.66. The number of rotatable bonds is 0. The van der Waals surface area contributed by atoms with Gasteiger partial charge in [-0.15, -0.1) is 0 Å². The summed E-state index contributed by atoms with van der Waals surface area (Å²) >= 11 is 0. The van der Waals surface area contributed by atoms with Crippen LogP contribution in [0.15, 0.2) is 6.07 Å². The highest BCUT2D eigenvalue weighted by Gasteiger charge is 2.44. The van der Waals surface area contributed by atoms with Crippen molar-refractivity contribution in [3.63, 3.8) is 0 Å². The van der Waals surface area contributed by atoms with Crippen molar-refractivity contribution in [2.24, 2.45) is 0 Å². The quantitative estimate of drug-likeness (QED) is 0.609. The van der Waals surface area contributed by atoms with Crippen molar-refractivity contribution < 1.29 is 0 Å². The molecule has 0 fully saturated rings. The van der Waals surface area contributed by atoms with Crippen molar-refractivity contribution in [3.05, 3.63) is 28.3 Å². The van der Waals surface area contributed by atoms with Crippen molar-refractivity contribution in [1.82, 2.24) is 0 Å². The fraction of sp³-hybridized carbons (Fsp3) is 0.625. The molecule has 17 heavy (non-hydrogen) atoms. The summed E-state index contributed by atoms with van der Waals surface area (Å²) in [4.78, 5) is 0. The zero-order chi connectivity index (χ0) is 11.6. The molecule has 0 aromatic heterocycles. The van der Waals surface area contributed by atoms with E-state index in [2.05, 4.69) is 19.5 Å². The smallest absolute Gasteiger partial charge is 0.0652 e. The van der Waals surface area contributed by atoms with E-state index in [1.807, 2.05) is 10.8 Å². The second kappa shape index (κ2) is 3.26. The molecule has 0 spiro atoms. The molecule has 90 valence electrons. The lowest BCUT2D eigenvalue weighted by Gasteiger charge is -2.40. The second-order valence-electron chi connectivity index (χ2n) is 6.81. The highest BCUT2D eigenvalue weighted by Crippen LogP contribution is 2.45. The molecule has 0 nitrogen and oxygen atoms in total. The summed E-state index contributed by atoms with van der Waals surface area (Å²) in [6, 6.07) is 5.69. The Bertz CT molecular complexity index is 503. The third-order valence-corrected chi connectivity index (χ3v) is 10.3. The molecule has 0 radical (unpaired) electrons. The predicted molar refractivity (Wildman–Crippen MR) is 76.0 cm³/mol. The molecule has 2 atom stereocenters. The van der Waals surface area contributed by atoms with Crippen molar-refractivity contribution >= 4 is 13.3 Å². The minimum Gasteiger partial charge on any atom is -0.0652 e. The molecule has 1 aliphatic carbocycles. The fourth-order valence-electron chi connectivity index (χ4n) is 4.89. The molecule has 0 bridgehead atoms. The first kappa shape index (κ1) is 10.4. The van der Waals surface area contributed by atoms with Crippen LogP contribution in [-0.2, 0) is 12.8 Å². The molecule has 1 heteroatoms. The SMILES string of the molecule is Cc1cc2c3c4c1CCCC4CC[Si]3(C)CC2. The van der Waals surface area contributed by atoms with Gasteiger partial charge in [-0.1, -0.05) is 23.8 Å². The molecule has 0 N–H and O–H groups in total. The van der Waals surface area contributed by atoms with Crippen molar-refractivity contribution in [1.29, 1.82) is 0 Å². The van der Waals surface area contributed by atoms with Gasteiger partial charge in [-0.25, -0.2) is 0 Å². The van der Waals surface area contributed by atoms with Crippen LogP contribution in [0.2, 0.25) is 18.6 Å². The zero-order valence-electron chi connectivity index (χ0n) is 11.1. The van der Waals surface area contributed by atoms with E-state index in [4.69, 9.17) is 0 Å². The fourth-order valence-corrected chi connectivity index (χ4v) is 9.42. The van der Waals surface area contributed by atoms with E-state index in [0.29, 0.717) is 0 Å². The van der Waals surface area contributed by atoms with E-state index in [1.54, 1.807) is 28.8 Å². The lowest BCUT2D eigenvalue weighted by Crippen LogP contribution is -2.48. The summed E-state index contributed by atoms with van der Waals surface area (Å²) in [5.41, 5.74) is 7.05. The van der Waals surface area contributed by atoms with E-state index >= 15 is 0 Å². The summed E-state index contributed by atoms with van der Waals surface area (Å²) in [5.74, 6) is 0.950. The molecule has 4 rings (SSSR count). The summed E-state index contributed by atoms with van der Waals surface area (Å²) in [6.07, 6.45) is 7.21. The number of benzene rings is 1. The largest absolute Gasteiger partial charge is 0.0847 e. The Morgan fingerprint density at radius 3 is 2.94 bits per heavy atom. The van der Waals surface area contributed by atoms with Crippen LogP contribution >= 0.6 is 0 Å². The molecule has 1 aromatic rings. The molecule has 2 heterocycles. The van der Waals surface area contributed by atoms with Gasteiger partial charge >= 0.3 is 0 Å². The maximum absolute atomic E-state index is 2.67. The Balaban J connectivity index is 2.07. The van der Waals surface area contributed by atoms with E-state index in [0.717, 1.165) is 5.92 Å². The molecule has 3 aliphatic rings. The van der Waals surface area contributed by atoms with Crippen LogP contribution in [0.3, 0.4) is 0 Å². The third kappa shape index (κ3) is 1.24. The molecule has 0 amide bonds. The van der Waals surface area contributed by atoms with Crippen LogP contribution in [0.5, 0.6) is 0 Å². The minimum atomic E-state index is -1.02. The average molecular weight is 242 g/mol. The number of aryl methyl sites for hydroxylation is 2. The summed E-state index contributed by atoms with van der Waals surface area (Å²) < 4.78 is 0. The Hall–Kier alpha value is -0.563. The Morgan fingerprint density at radius 1 is 1.18 bits per heavy atom. The standard InChI is InChI=1S/C16H22Si/c1-11-10-13-7-9-17(2)8-6-12-4-3-5-14(11)15(12)16(13)17/h10,12H,3-9H2,1-2H3. The molecule has 0 saturated carbocycles. The van der Waals surface area contributed by atoms with Gasteiger partial charge in [-0.3, -0.25) is 0 Å². The maximum atomic E-state index is 2.67. The average Bonchev–Trinajstić information content (AvgIpc) is 2.67. The van der Waals surface area contributed by atoms with Gasteiger partial charge in [-0.2, -0.15) is 0 Å². The van der Waals surface area contributed by atoms with Gasteiger partial charge < -0.3 is 0 Å². The van der Waals surface area contributed by atoms with Gasteiger partial charge in [0.15, 0.2) is 0 Å². The van der Waals surface area contributed by atoms with Gasteiger partial charge in [0.1, 0.15) is 0 Å². The first-order valence-electron chi connectivity index (χ1n) is 7.35. The lowest BCUT2D eigenvalue weighted by atomic mass is 9.78. The number of hydrogen-bond donors (Lipinski definition) is 0. The van der Waals surface area contributed by atoms with Crippen LogP contribution < -0.4 is 5.19 Å². The number of hydrogen-bond acceptors (Lipinski definition) is 0. The highest BCUT2D eigenvalue weighted by molar-refractivity contribution is 6.92. The van der Waals surface area contributed by atoms with Crippen molar-refractivity contribution in [3.8, 4) is 0 Å². The van der Waals surface area contributed by atoms with Crippen molar-refractivity contribution in [2.45, 2.75) is 63.6 Å². The summed E-state index contributed by atoms with van der Waals surface area (Å²) in [5, 5.41) is 1.95. The molecular formula is C16H22Si. The van der Waals surface area contributed by atoms with Crippen LogP contribution in [0.4, 0.5) is 0 Å². The highest BCUT2D eigenvalue weighted by atomic mass is 28.3. The van der Waals surface area contributed by atoms with Crippen molar-refractivity contribution in [2.75, 3.05) is 0 Å². The minimum absolute atomic E-state index is 0.950. The molecule has 2 aliphatic heterocycles. The Labute approximate surface area is 105 Å². The van der Waals surface area contributed by atoms with Crippen LogP contribution in [0.25, 0.3) is 0 Å². The first-order chi connectivity index (χ1) is 8.19. The van der Waals surface area contributed by atoms with Gasteiger partial charge in [0, 0.05) is 0 Å². The monoisotopic (exact) mass is 242 g/mol. The van der Waals surface area contributed by atoms with Gasteiger partial charge in [-0.05, 0) is 73.2 Å². The molecular weight excluding hydrogens is 220 g/mol. The van der Waals surface area contributed by atoms with E-state index in [-0.39, 0.29) is 0 Å². The van der Waals surface area contributed by atoms with Gasteiger partial charge in [0.25, 0.3) is 0 Å². The van der Waals surface area contributed by atoms with E-state index < -0.39 is 8.07 Å². The normalized spacial score (nSPS) is 33.6. The second-order valence-corrected chi connectivity index (χ2v) is 11.4. The summed E-state index contributed by atoms with van der Waals surface area (Å²) in [7, 11) is -1.02. The lowest BCUT2D eigenvalue weighted by molar-refractivity contribution is 0.533. The Morgan fingerprint density at radius 2 is 2.06 bits per heavy atom. The van der Waals surface area contributed by atoms with Crippen LogP contribution in [-0.4, -0.2) is 8.07 Å². The van der Waals surface area contributed by atoms with E-state index in [9.17, 15) is 0 Å². The van der Waals surface area contributed by atoms with Gasteiger partial charge in [0.05, 0.1) is 8.07 Å². The molecule has 1 aromatic carbocycles. The van der Waals surface area contributed by atoms with Crippen LogP contribution in [0, 0.1) is 6.92 Å². The van der Waals surface area contributed by atoms with Crippen LogP contribution in [0.1, 0.15) is 47.4 Å². The Kier molecular flexibility index (Phi) is 1.99. The maximum Gasteiger partial charge on any atom is 0.0847 e. The summed E-state index contributed by atoms with van der Waals surface area (Å²) in [6.45, 7) is 5.03. The van der Waals surface area contributed by atoms with E-state index in [1.165, 1.54) is 32.1 Å². The topological polar surface area (TPSA) is 0 Å². The molecule has 2 unspecified atom stereocenters. The molecule has 0 saturated heterocycles. The van der Waals surface area contributed by atoms with Gasteiger partial charge in [0.2, 0.25) is 0 Å². The first-order valence-corrected chi connectivity index (χ1v) is 10.3.